The lowest BCUT2D eigenvalue weighted by Gasteiger charge is -2.46. The van der Waals surface area contributed by atoms with E-state index in [9.17, 15) is 4.79 Å². The number of Topliss-reactive ketones (excluding diaryl/α,β-unsaturated/α-hetero) is 1. The summed E-state index contributed by atoms with van der Waals surface area (Å²) in [5, 5.41) is 0. The standard InChI is InChI=1S/C17H30O4/c1-4-5-6-7-8-9-10-19-17(3)14-11-15(18)13(2)16(12-14)20-21-17/h13-14,16H,4-12H2,1-3H3/t13-,14+,16+,17+/m1/s1. The second-order valence-electron chi connectivity index (χ2n) is 6.74. The largest absolute Gasteiger partial charge is 0.347 e. The molecule has 1 saturated carbocycles. The van der Waals surface area contributed by atoms with Gasteiger partial charge in [-0.05, 0) is 19.8 Å². The van der Waals surface area contributed by atoms with Crippen LogP contribution < -0.4 is 0 Å². The number of carbonyl (C=O) groups is 1. The van der Waals surface area contributed by atoms with Crippen LogP contribution in [0.5, 0.6) is 0 Å². The number of fused-ring (bicyclic) bond motifs is 2. The number of ether oxygens (including phenoxy) is 1. The highest BCUT2D eigenvalue weighted by molar-refractivity contribution is 5.82. The predicted octanol–water partition coefficient (Wildman–Crippen LogP) is 4.03. The van der Waals surface area contributed by atoms with Gasteiger partial charge in [-0.15, -0.1) is 0 Å². The third-order valence-electron chi connectivity index (χ3n) is 5.00. The molecule has 21 heavy (non-hydrogen) atoms. The first kappa shape index (κ1) is 16.9. The summed E-state index contributed by atoms with van der Waals surface area (Å²) in [6.07, 6.45) is 8.73. The molecule has 0 aromatic carbocycles. The molecule has 122 valence electrons. The Bertz CT molecular complexity index is 344. The van der Waals surface area contributed by atoms with Gasteiger partial charge in [-0.3, -0.25) is 4.79 Å². The third-order valence-corrected chi connectivity index (χ3v) is 5.00. The topological polar surface area (TPSA) is 44.8 Å². The van der Waals surface area contributed by atoms with Gasteiger partial charge in [-0.2, -0.15) is 0 Å². The van der Waals surface area contributed by atoms with Crippen LogP contribution in [-0.2, 0) is 19.3 Å². The molecule has 0 spiro atoms. The van der Waals surface area contributed by atoms with Crippen molar-refractivity contribution < 1.29 is 19.3 Å². The minimum atomic E-state index is -0.754. The lowest BCUT2D eigenvalue weighted by Crippen LogP contribution is -2.54. The lowest BCUT2D eigenvalue weighted by molar-refractivity contribution is -0.485. The van der Waals surface area contributed by atoms with E-state index in [1.807, 2.05) is 13.8 Å². The van der Waals surface area contributed by atoms with Crippen LogP contribution in [0.15, 0.2) is 0 Å². The Morgan fingerprint density at radius 3 is 2.71 bits per heavy atom. The van der Waals surface area contributed by atoms with E-state index < -0.39 is 5.79 Å². The summed E-state index contributed by atoms with van der Waals surface area (Å²) in [7, 11) is 0. The van der Waals surface area contributed by atoms with Crippen LogP contribution in [0.3, 0.4) is 0 Å². The second kappa shape index (κ2) is 7.70. The molecule has 0 aromatic heterocycles. The summed E-state index contributed by atoms with van der Waals surface area (Å²) in [6, 6.07) is 0. The molecule has 0 aromatic rings. The molecule has 2 fully saturated rings. The predicted molar refractivity (Wildman–Crippen MR) is 80.6 cm³/mol. The van der Waals surface area contributed by atoms with Crippen LogP contribution in [0, 0.1) is 11.8 Å². The minimum absolute atomic E-state index is 0.0515. The number of hydrogen-bond acceptors (Lipinski definition) is 4. The van der Waals surface area contributed by atoms with Gasteiger partial charge in [-0.1, -0.05) is 46.0 Å². The van der Waals surface area contributed by atoms with Crippen molar-refractivity contribution in [2.24, 2.45) is 11.8 Å². The van der Waals surface area contributed by atoms with E-state index in [-0.39, 0.29) is 23.7 Å². The Kier molecular flexibility index (Phi) is 6.20. The van der Waals surface area contributed by atoms with Crippen molar-refractivity contribution in [3.63, 3.8) is 0 Å². The van der Waals surface area contributed by atoms with Crippen LogP contribution in [0.25, 0.3) is 0 Å². The Hall–Kier alpha value is -0.450. The van der Waals surface area contributed by atoms with E-state index in [1.165, 1.54) is 32.1 Å². The average molecular weight is 298 g/mol. The number of carbonyl (C=O) groups excluding carboxylic acids is 1. The van der Waals surface area contributed by atoms with Gasteiger partial charge < -0.3 is 4.74 Å². The van der Waals surface area contributed by atoms with Crippen LogP contribution in [0.2, 0.25) is 0 Å². The Morgan fingerprint density at radius 2 is 1.95 bits per heavy atom. The Balaban J connectivity index is 1.71. The van der Waals surface area contributed by atoms with Crippen LogP contribution in [0.4, 0.5) is 0 Å². The highest BCUT2D eigenvalue weighted by atomic mass is 17.2. The molecule has 1 saturated heterocycles. The van der Waals surface area contributed by atoms with Crippen molar-refractivity contribution in [1.29, 1.82) is 0 Å². The first-order valence-electron chi connectivity index (χ1n) is 8.58. The molecule has 2 rings (SSSR count). The fourth-order valence-electron chi connectivity index (χ4n) is 3.25. The zero-order valence-electron chi connectivity index (χ0n) is 13.7. The highest BCUT2D eigenvalue weighted by Crippen LogP contribution is 2.42. The summed E-state index contributed by atoms with van der Waals surface area (Å²) in [5.41, 5.74) is 0. The molecule has 2 bridgehead atoms. The molecule has 0 radical (unpaired) electrons. The summed E-state index contributed by atoms with van der Waals surface area (Å²) < 4.78 is 5.95. The first-order chi connectivity index (χ1) is 10.1. The monoisotopic (exact) mass is 298 g/mol. The third kappa shape index (κ3) is 4.27. The number of rotatable bonds is 8. The fourth-order valence-corrected chi connectivity index (χ4v) is 3.25. The number of unbranched alkanes of at least 4 members (excludes halogenated alkanes) is 5. The summed E-state index contributed by atoms with van der Waals surface area (Å²) in [5.74, 6) is -0.409. The van der Waals surface area contributed by atoms with Gasteiger partial charge in [0, 0.05) is 18.3 Å². The SMILES string of the molecule is CCCCCCCCO[C@@]1(C)OO[C@H]2C[C@@H]1CC(=O)[C@H]2C. The van der Waals surface area contributed by atoms with E-state index in [0.717, 1.165) is 12.8 Å². The highest BCUT2D eigenvalue weighted by Gasteiger charge is 2.50. The summed E-state index contributed by atoms with van der Waals surface area (Å²) in [4.78, 5) is 22.9. The van der Waals surface area contributed by atoms with Gasteiger partial charge in [0.15, 0.2) is 0 Å². The minimum Gasteiger partial charge on any atom is -0.347 e. The molecule has 0 unspecified atom stereocenters. The average Bonchev–Trinajstić information content (AvgIpc) is 2.47. The zero-order valence-corrected chi connectivity index (χ0v) is 13.7. The van der Waals surface area contributed by atoms with Gasteiger partial charge >= 0.3 is 0 Å². The number of hydrogen-bond donors (Lipinski definition) is 0. The van der Waals surface area contributed by atoms with Crippen molar-refractivity contribution in [1.82, 2.24) is 0 Å². The van der Waals surface area contributed by atoms with Crippen molar-refractivity contribution >= 4 is 5.78 Å². The zero-order chi connectivity index (χ0) is 15.3. The van der Waals surface area contributed by atoms with E-state index in [0.29, 0.717) is 13.0 Å². The van der Waals surface area contributed by atoms with Crippen molar-refractivity contribution in [3.8, 4) is 0 Å². The van der Waals surface area contributed by atoms with Crippen molar-refractivity contribution in [2.45, 2.75) is 84.0 Å². The molecule has 0 N–H and O–H groups in total. The number of ketones is 1. The normalized spacial score (nSPS) is 36.0. The molecular formula is C17H30O4. The molecule has 4 nitrogen and oxygen atoms in total. The van der Waals surface area contributed by atoms with Gasteiger partial charge in [0.2, 0.25) is 5.79 Å². The van der Waals surface area contributed by atoms with E-state index in [1.54, 1.807) is 0 Å². The molecule has 2 aliphatic rings. The maximum absolute atomic E-state index is 12.0. The summed E-state index contributed by atoms with van der Waals surface area (Å²) in [6.45, 7) is 6.74. The van der Waals surface area contributed by atoms with Gasteiger partial charge in [0.05, 0.1) is 6.61 Å². The molecule has 1 heterocycles. The molecule has 1 aliphatic carbocycles. The molecule has 4 heteroatoms. The Morgan fingerprint density at radius 1 is 1.24 bits per heavy atom. The molecule has 1 aliphatic heterocycles. The lowest BCUT2D eigenvalue weighted by atomic mass is 9.75. The summed E-state index contributed by atoms with van der Waals surface area (Å²) >= 11 is 0. The van der Waals surface area contributed by atoms with Crippen molar-refractivity contribution in [3.05, 3.63) is 0 Å². The van der Waals surface area contributed by atoms with Crippen molar-refractivity contribution in [2.75, 3.05) is 6.61 Å². The maximum atomic E-state index is 12.0. The van der Waals surface area contributed by atoms with E-state index >= 15 is 0 Å². The quantitative estimate of drug-likeness (QED) is 0.501. The fraction of sp³-hybridized carbons (Fsp3) is 0.941. The van der Waals surface area contributed by atoms with E-state index in [2.05, 4.69) is 6.92 Å². The molecule has 0 amide bonds. The first-order valence-corrected chi connectivity index (χ1v) is 8.58. The molecule has 4 atom stereocenters. The van der Waals surface area contributed by atoms with Gasteiger partial charge in [-0.25, -0.2) is 9.78 Å². The Labute approximate surface area is 128 Å². The van der Waals surface area contributed by atoms with Crippen LogP contribution in [-0.4, -0.2) is 24.3 Å². The van der Waals surface area contributed by atoms with Gasteiger partial charge in [0.1, 0.15) is 11.9 Å². The van der Waals surface area contributed by atoms with Crippen LogP contribution in [0.1, 0.15) is 72.1 Å². The molecular weight excluding hydrogens is 268 g/mol. The van der Waals surface area contributed by atoms with Crippen LogP contribution >= 0.6 is 0 Å². The van der Waals surface area contributed by atoms with E-state index in [4.69, 9.17) is 14.5 Å². The smallest absolute Gasteiger partial charge is 0.202 e. The van der Waals surface area contributed by atoms with Gasteiger partial charge in [0.25, 0.3) is 0 Å². The second-order valence-corrected chi connectivity index (χ2v) is 6.74. The maximum Gasteiger partial charge on any atom is 0.202 e.